The third-order valence-electron chi connectivity index (χ3n) is 2.34. The molecule has 0 aromatic heterocycles. The van der Waals surface area contributed by atoms with E-state index in [1.807, 2.05) is 46.8 Å². The Morgan fingerprint density at radius 2 is 1.56 bits per heavy atom. The van der Waals surface area contributed by atoms with E-state index < -0.39 is 0 Å². The molecule has 0 fully saturated rings. The summed E-state index contributed by atoms with van der Waals surface area (Å²) in [6, 6.07) is 0. The second-order valence-corrected chi connectivity index (χ2v) is 3.91. The lowest BCUT2D eigenvalue weighted by Crippen LogP contribution is -1.92. The van der Waals surface area contributed by atoms with Crippen molar-refractivity contribution in [2.45, 2.75) is 54.4 Å². The zero-order valence-corrected chi connectivity index (χ0v) is 13.1. The van der Waals surface area contributed by atoms with E-state index in [0.717, 1.165) is 24.0 Å². The molecule has 1 aliphatic carbocycles. The first kappa shape index (κ1) is 19.0. The fraction of sp³-hybridized carbons (Fsp3) is 0.444. The third-order valence-corrected chi connectivity index (χ3v) is 2.34. The Morgan fingerprint density at radius 1 is 1.00 bits per heavy atom. The standard InChI is InChI=1S/C14H18.2C2H6/c1-11(2)5-8-13(4)14-9-6-12(3)7-10-14;2*1-2/h5-6,8-9H,1,4,7,10H2,2-3H3;2*1-2H3/b8-5-;;. The van der Waals surface area contributed by atoms with Crippen molar-refractivity contribution in [3.63, 3.8) is 0 Å². The fourth-order valence-corrected chi connectivity index (χ4v) is 1.36. The van der Waals surface area contributed by atoms with Gasteiger partial charge in [-0.25, -0.2) is 0 Å². The molecule has 0 aromatic carbocycles. The molecule has 0 atom stereocenters. The van der Waals surface area contributed by atoms with Crippen LogP contribution < -0.4 is 0 Å². The van der Waals surface area contributed by atoms with Crippen molar-refractivity contribution in [2.24, 2.45) is 0 Å². The minimum Gasteiger partial charge on any atom is -0.0961 e. The molecule has 0 heteroatoms. The van der Waals surface area contributed by atoms with Crippen molar-refractivity contribution < 1.29 is 0 Å². The van der Waals surface area contributed by atoms with Crippen molar-refractivity contribution in [3.8, 4) is 0 Å². The molecule has 0 aromatic rings. The van der Waals surface area contributed by atoms with Gasteiger partial charge in [0.1, 0.15) is 0 Å². The van der Waals surface area contributed by atoms with Gasteiger partial charge in [-0.15, -0.1) is 0 Å². The van der Waals surface area contributed by atoms with Crippen molar-refractivity contribution in [2.75, 3.05) is 0 Å². The van der Waals surface area contributed by atoms with E-state index in [-0.39, 0.29) is 0 Å². The van der Waals surface area contributed by atoms with E-state index >= 15 is 0 Å². The first-order chi connectivity index (χ1) is 8.59. The van der Waals surface area contributed by atoms with E-state index in [0.29, 0.717) is 0 Å². The van der Waals surface area contributed by atoms with Crippen LogP contribution in [0.2, 0.25) is 0 Å². The van der Waals surface area contributed by atoms with Crippen molar-refractivity contribution in [3.05, 3.63) is 59.8 Å². The van der Waals surface area contributed by atoms with Crippen LogP contribution in [0.4, 0.5) is 0 Å². The van der Waals surface area contributed by atoms with Gasteiger partial charge >= 0.3 is 0 Å². The molecule has 0 spiro atoms. The highest BCUT2D eigenvalue weighted by Crippen LogP contribution is 2.23. The normalized spacial score (nSPS) is 13.4. The van der Waals surface area contributed by atoms with Gasteiger partial charge in [-0.05, 0) is 37.8 Å². The molecule has 0 aliphatic heterocycles. The van der Waals surface area contributed by atoms with Crippen molar-refractivity contribution in [1.82, 2.24) is 0 Å². The van der Waals surface area contributed by atoms with Gasteiger partial charge in [-0.2, -0.15) is 0 Å². The predicted molar refractivity (Wildman–Crippen MR) is 86.9 cm³/mol. The van der Waals surface area contributed by atoms with Crippen LogP contribution in [0.3, 0.4) is 0 Å². The molecule has 0 N–H and O–H groups in total. The Bertz CT molecular complexity index is 335. The topological polar surface area (TPSA) is 0 Å². The van der Waals surface area contributed by atoms with E-state index in [1.54, 1.807) is 0 Å². The summed E-state index contributed by atoms with van der Waals surface area (Å²) in [5.74, 6) is 0. The lowest BCUT2D eigenvalue weighted by Gasteiger charge is -2.11. The lowest BCUT2D eigenvalue weighted by atomic mass is 9.94. The second kappa shape index (κ2) is 12.2. The van der Waals surface area contributed by atoms with Gasteiger partial charge in [0, 0.05) is 0 Å². The molecule has 0 radical (unpaired) electrons. The SMILES string of the molecule is C=C(C)/C=C\C(=C)C1=CC=C(C)CC1.CC.CC. The van der Waals surface area contributed by atoms with Gasteiger partial charge < -0.3 is 0 Å². The smallest absolute Gasteiger partial charge is 0.0236 e. The Morgan fingerprint density at radius 3 is 1.94 bits per heavy atom. The molecule has 0 nitrogen and oxygen atoms in total. The van der Waals surface area contributed by atoms with Gasteiger partial charge in [0.15, 0.2) is 0 Å². The second-order valence-electron chi connectivity index (χ2n) is 3.91. The van der Waals surface area contributed by atoms with Crippen LogP contribution in [-0.2, 0) is 0 Å². The summed E-state index contributed by atoms with van der Waals surface area (Å²) in [5.41, 5.74) is 4.96. The average Bonchev–Trinajstić information content (AvgIpc) is 2.41. The quantitative estimate of drug-likeness (QED) is 0.506. The maximum atomic E-state index is 4.05. The molecule has 0 saturated carbocycles. The highest BCUT2D eigenvalue weighted by molar-refractivity contribution is 5.43. The lowest BCUT2D eigenvalue weighted by molar-refractivity contribution is 0.919. The molecule has 0 amide bonds. The van der Waals surface area contributed by atoms with Gasteiger partial charge in [-0.1, -0.05) is 76.3 Å². The van der Waals surface area contributed by atoms with Crippen LogP contribution in [0.25, 0.3) is 0 Å². The molecule has 1 aliphatic rings. The fourth-order valence-electron chi connectivity index (χ4n) is 1.36. The van der Waals surface area contributed by atoms with Crippen molar-refractivity contribution in [1.29, 1.82) is 0 Å². The molecule has 0 saturated heterocycles. The zero-order valence-electron chi connectivity index (χ0n) is 13.1. The number of hydrogen-bond acceptors (Lipinski definition) is 0. The summed E-state index contributed by atoms with van der Waals surface area (Å²) in [5, 5.41) is 0. The Labute approximate surface area is 115 Å². The van der Waals surface area contributed by atoms with Crippen LogP contribution in [0.5, 0.6) is 0 Å². The number of allylic oxidation sites excluding steroid dienone is 8. The average molecular weight is 246 g/mol. The van der Waals surface area contributed by atoms with Gasteiger partial charge in [-0.3, -0.25) is 0 Å². The minimum absolute atomic E-state index is 1.06. The highest BCUT2D eigenvalue weighted by Gasteiger charge is 2.04. The molecular formula is C18H30. The van der Waals surface area contributed by atoms with Crippen LogP contribution in [0.1, 0.15) is 54.4 Å². The third kappa shape index (κ3) is 8.81. The summed E-state index contributed by atoms with van der Waals surface area (Å²) < 4.78 is 0. The zero-order chi connectivity index (χ0) is 14.6. The predicted octanol–water partition coefficient (Wildman–Crippen LogP) is 6.39. The number of hydrogen-bond donors (Lipinski definition) is 0. The molecule has 102 valence electrons. The maximum absolute atomic E-state index is 4.05. The molecule has 0 heterocycles. The molecule has 0 bridgehead atoms. The Hall–Kier alpha value is -1.30. The van der Waals surface area contributed by atoms with Gasteiger partial charge in [0.05, 0.1) is 0 Å². The van der Waals surface area contributed by atoms with E-state index in [1.165, 1.54) is 11.1 Å². The monoisotopic (exact) mass is 246 g/mol. The summed E-state index contributed by atoms with van der Waals surface area (Å²) in [7, 11) is 0. The summed E-state index contributed by atoms with van der Waals surface area (Å²) >= 11 is 0. The summed E-state index contributed by atoms with van der Waals surface area (Å²) in [6.07, 6.45) is 10.7. The van der Waals surface area contributed by atoms with E-state index in [2.05, 4.69) is 32.2 Å². The number of rotatable bonds is 3. The van der Waals surface area contributed by atoms with Gasteiger partial charge in [0.2, 0.25) is 0 Å². The molecular weight excluding hydrogens is 216 g/mol. The summed E-state index contributed by atoms with van der Waals surface area (Å²) in [4.78, 5) is 0. The van der Waals surface area contributed by atoms with Crippen LogP contribution in [0, 0.1) is 0 Å². The molecule has 1 rings (SSSR count). The first-order valence-electron chi connectivity index (χ1n) is 6.99. The van der Waals surface area contributed by atoms with Crippen LogP contribution in [0.15, 0.2) is 59.8 Å². The van der Waals surface area contributed by atoms with Crippen LogP contribution in [-0.4, -0.2) is 0 Å². The largest absolute Gasteiger partial charge is 0.0961 e. The van der Waals surface area contributed by atoms with E-state index in [4.69, 9.17) is 0 Å². The molecule has 18 heavy (non-hydrogen) atoms. The summed E-state index contributed by atoms with van der Waals surface area (Å²) in [6.45, 7) is 20.0. The maximum Gasteiger partial charge on any atom is -0.0236 e. The van der Waals surface area contributed by atoms with Crippen LogP contribution >= 0.6 is 0 Å². The molecule has 0 unspecified atom stereocenters. The minimum atomic E-state index is 1.06. The highest BCUT2D eigenvalue weighted by atomic mass is 14.1. The van der Waals surface area contributed by atoms with Gasteiger partial charge in [0.25, 0.3) is 0 Å². The Balaban J connectivity index is 0. The van der Waals surface area contributed by atoms with E-state index in [9.17, 15) is 0 Å². The Kier molecular flexibility index (Phi) is 12.9. The first-order valence-corrected chi connectivity index (χ1v) is 6.99. The van der Waals surface area contributed by atoms with Crippen molar-refractivity contribution >= 4 is 0 Å².